The van der Waals surface area contributed by atoms with Gasteiger partial charge >= 0.3 is 0 Å². The maximum absolute atomic E-state index is 5.51. The van der Waals surface area contributed by atoms with E-state index >= 15 is 0 Å². The average molecular weight is 397 g/mol. The van der Waals surface area contributed by atoms with Gasteiger partial charge < -0.3 is 15.0 Å². The summed E-state index contributed by atoms with van der Waals surface area (Å²) in [7, 11) is 2.09. The van der Waals surface area contributed by atoms with Gasteiger partial charge in [0.2, 0.25) is 5.13 Å². The Labute approximate surface area is 168 Å². The first kappa shape index (κ1) is 17.8. The lowest BCUT2D eigenvalue weighted by Crippen LogP contribution is -2.31. The molecule has 1 saturated heterocycles. The van der Waals surface area contributed by atoms with Crippen molar-refractivity contribution in [3.8, 4) is 0 Å². The quantitative estimate of drug-likeness (QED) is 0.695. The van der Waals surface area contributed by atoms with E-state index in [-0.39, 0.29) is 0 Å². The molecule has 0 spiro atoms. The van der Waals surface area contributed by atoms with Crippen LogP contribution in [-0.4, -0.2) is 46.5 Å². The standard InChI is InChI=1S/C20H24N6OS/c1-26(14-8-9-27-12-14)15-10-17-16(21-11-15)6-7-18(22-17)23-20-25-24-19(28-20)13-4-2-3-5-13/h6-7,10-11,13-14H,2-5,8-9,12H2,1H3,(H,22,23,25). The van der Waals surface area contributed by atoms with Crippen molar-refractivity contribution >= 4 is 39.0 Å². The number of hydrogen-bond donors (Lipinski definition) is 1. The zero-order chi connectivity index (χ0) is 18.9. The lowest BCUT2D eigenvalue weighted by Gasteiger charge is -2.25. The Morgan fingerprint density at radius 2 is 2.04 bits per heavy atom. The molecule has 3 aromatic heterocycles. The van der Waals surface area contributed by atoms with Gasteiger partial charge in [-0.05, 0) is 37.5 Å². The predicted molar refractivity (Wildman–Crippen MR) is 112 cm³/mol. The summed E-state index contributed by atoms with van der Waals surface area (Å²) in [6.45, 7) is 1.59. The molecule has 1 N–H and O–H groups in total. The molecule has 1 saturated carbocycles. The molecule has 146 valence electrons. The van der Waals surface area contributed by atoms with Crippen molar-refractivity contribution in [2.75, 3.05) is 30.5 Å². The minimum absolute atomic E-state index is 0.399. The van der Waals surface area contributed by atoms with Crippen LogP contribution in [-0.2, 0) is 4.74 Å². The topological polar surface area (TPSA) is 76.1 Å². The zero-order valence-electron chi connectivity index (χ0n) is 16.0. The molecular formula is C20H24N6OS. The Kier molecular flexibility index (Phi) is 4.82. The lowest BCUT2D eigenvalue weighted by atomic mass is 10.1. The highest BCUT2D eigenvalue weighted by Gasteiger charge is 2.22. The second kappa shape index (κ2) is 7.60. The van der Waals surface area contributed by atoms with Crippen LogP contribution in [0, 0.1) is 0 Å². The van der Waals surface area contributed by atoms with E-state index in [1.807, 2.05) is 18.3 Å². The van der Waals surface area contributed by atoms with E-state index in [0.717, 1.165) is 52.3 Å². The first-order chi connectivity index (χ1) is 13.8. The monoisotopic (exact) mass is 396 g/mol. The summed E-state index contributed by atoms with van der Waals surface area (Å²) in [4.78, 5) is 11.6. The first-order valence-corrected chi connectivity index (χ1v) is 10.8. The third kappa shape index (κ3) is 3.54. The van der Waals surface area contributed by atoms with Gasteiger partial charge in [0.1, 0.15) is 10.8 Å². The second-order valence-corrected chi connectivity index (χ2v) is 8.62. The Balaban J connectivity index is 1.36. The van der Waals surface area contributed by atoms with Gasteiger partial charge in [-0.15, -0.1) is 10.2 Å². The minimum Gasteiger partial charge on any atom is -0.379 e. The van der Waals surface area contributed by atoms with Crippen molar-refractivity contribution in [1.82, 2.24) is 20.2 Å². The molecule has 1 atom stereocenters. The SMILES string of the molecule is CN(c1cnc2ccc(Nc3nnc(C4CCCC4)s3)nc2c1)C1CCOC1. The zero-order valence-corrected chi connectivity index (χ0v) is 16.8. The number of nitrogens with zero attached hydrogens (tertiary/aromatic N) is 5. The van der Waals surface area contributed by atoms with Crippen LogP contribution in [0.15, 0.2) is 24.4 Å². The fourth-order valence-electron chi connectivity index (χ4n) is 4.03. The van der Waals surface area contributed by atoms with Gasteiger partial charge in [0.15, 0.2) is 0 Å². The number of hydrogen-bond acceptors (Lipinski definition) is 8. The summed E-state index contributed by atoms with van der Waals surface area (Å²) < 4.78 is 5.51. The molecule has 0 bridgehead atoms. The highest BCUT2D eigenvalue weighted by molar-refractivity contribution is 7.15. The Morgan fingerprint density at radius 1 is 1.14 bits per heavy atom. The van der Waals surface area contributed by atoms with Gasteiger partial charge in [-0.3, -0.25) is 4.98 Å². The molecule has 1 unspecified atom stereocenters. The fraction of sp³-hybridized carbons (Fsp3) is 0.500. The number of ether oxygens (including phenoxy) is 1. The molecule has 5 rings (SSSR count). The summed E-state index contributed by atoms with van der Waals surface area (Å²) in [6, 6.07) is 6.43. The maximum atomic E-state index is 5.51. The van der Waals surface area contributed by atoms with Crippen molar-refractivity contribution in [3.05, 3.63) is 29.4 Å². The molecule has 0 radical (unpaired) electrons. The molecular weight excluding hydrogens is 372 g/mol. The van der Waals surface area contributed by atoms with Crippen LogP contribution in [0.1, 0.15) is 43.0 Å². The number of aromatic nitrogens is 4. The number of anilines is 3. The largest absolute Gasteiger partial charge is 0.379 e. The number of pyridine rings is 2. The number of rotatable bonds is 5. The molecule has 28 heavy (non-hydrogen) atoms. The van der Waals surface area contributed by atoms with Crippen molar-refractivity contribution in [3.63, 3.8) is 0 Å². The third-order valence-corrected chi connectivity index (χ3v) is 6.76. The summed E-state index contributed by atoms with van der Waals surface area (Å²) in [5.41, 5.74) is 2.81. The molecule has 2 fully saturated rings. The van der Waals surface area contributed by atoms with Crippen LogP contribution in [0.3, 0.4) is 0 Å². The van der Waals surface area contributed by atoms with E-state index in [1.54, 1.807) is 11.3 Å². The summed E-state index contributed by atoms with van der Waals surface area (Å²) in [5.74, 6) is 1.35. The Hall–Kier alpha value is -2.32. The maximum Gasteiger partial charge on any atom is 0.211 e. The van der Waals surface area contributed by atoms with E-state index in [9.17, 15) is 0 Å². The van der Waals surface area contributed by atoms with Gasteiger partial charge in [-0.2, -0.15) is 0 Å². The third-order valence-electron chi connectivity index (χ3n) is 5.76. The van der Waals surface area contributed by atoms with Crippen LogP contribution in [0.2, 0.25) is 0 Å². The van der Waals surface area contributed by atoms with Gasteiger partial charge in [-0.25, -0.2) is 4.98 Å². The van der Waals surface area contributed by atoms with Crippen molar-refractivity contribution < 1.29 is 4.74 Å². The summed E-state index contributed by atoms with van der Waals surface area (Å²) in [5, 5.41) is 14.0. The fourth-order valence-corrected chi connectivity index (χ4v) is 4.95. The number of nitrogens with one attached hydrogen (secondary N) is 1. The van der Waals surface area contributed by atoms with E-state index in [2.05, 4.69) is 38.5 Å². The molecule has 7 nitrogen and oxygen atoms in total. The molecule has 8 heteroatoms. The molecule has 2 aliphatic rings. The van der Waals surface area contributed by atoms with Crippen LogP contribution in [0.5, 0.6) is 0 Å². The average Bonchev–Trinajstić information content (AvgIpc) is 3.49. The van der Waals surface area contributed by atoms with Crippen LogP contribution >= 0.6 is 11.3 Å². The predicted octanol–water partition coefficient (Wildman–Crippen LogP) is 4.11. The number of likely N-dealkylation sites (N-methyl/N-ethyl adjacent to an activating group) is 1. The highest BCUT2D eigenvalue weighted by Crippen LogP contribution is 2.37. The molecule has 1 aliphatic carbocycles. The number of fused-ring (bicyclic) bond motifs is 1. The van der Waals surface area contributed by atoms with Crippen molar-refractivity contribution in [1.29, 1.82) is 0 Å². The van der Waals surface area contributed by atoms with Crippen LogP contribution in [0.4, 0.5) is 16.6 Å². The summed E-state index contributed by atoms with van der Waals surface area (Å²) in [6.07, 6.45) is 8.03. The highest BCUT2D eigenvalue weighted by atomic mass is 32.1. The lowest BCUT2D eigenvalue weighted by molar-refractivity contribution is 0.193. The molecule has 0 amide bonds. The van der Waals surface area contributed by atoms with Gasteiger partial charge in [-0.1, -0.05) is 24.2 Å². The van der Waals surface area contributed by atoms with Crippen LogP contribution in [0.25, 0.3) is 11.0 Å². The van der Waals surface area contributed by atoms with Crippen molar-refractivity contribution in [2.24, 2.45) is 0 Å². The Morgan fingerprint density at radius 3 is 2.86 bits per heavy atom. The van der Waals surface area contributed by atoms with Crippen LogP contribution < -0.4 is 10.2 Å². The molecule has 3 aromatic rings. The van der Waals surface area contributed by atoms with Crippen molar-refractivity contribution in [2.45, 2.75) is 44.1 Å². The normalized spacial score (nSPS) is 20.1. The molecule has 0 aromatic carbocycles. The van der Waals surface area contributed by atoms with Gasteiger partial charge in [0.25, 0.3) is 0 Å². The first-order valence-electron chi connectivity index (χ1n) is 9.94. The molecule has 4 heterocycles. The summed E-state index contributed by atoms with van der Waals surface area (Å²) >= 11 is 1.64. The Bertz CT molecular complexity index is 964. The van der Waals surface area contributed by atoms with Gasteiger partial charge in [0.05, 0.1) is 35.6 Å². The van der Waals surface area contributed by atoms with E-state index in [1.165, 1.54) is 25.7 Å². The van der Waals surface area contributed by atoms with E-state index in [0.29, 0.717) is 12.0 Å². The van der Waals surface area contributed by atoms with E-state index < -0.39 is 0 Å². The van der Waals surface area contributed by atoms with E-state index in [4.69, 9.17) is 9.72 Å². The molecule has 1 aliphatic heterocycles. The smallest absolute Gasteiger partial charge is 0.211 e. The minimum atomic E-state index is 0.399. The second-order valence-electron chi connectivity index (χ2n) is 7.61. The van der Waals surface area contributed by atoms with Gasteiger partial charge in [0, 0.05) is 19.6 Å².